The van der Waals surface area contributed by atoms with Crippen molar-refractivity contribution in [1.82, 2.24) is 0 Å². The van der Waals surface area contributed by atoms with Gasteiger partial charge >= 0.3 is 5.97 Å². The van der Waals surface area contributed by atoms with E-state index in [1.54, 1.807) is 0 Å². The SMILES string of the molecule is C=C(CC)C(=O)OCC[N+](C)(C)C.[Cl-]. The van der Waals surface area contributed by atoms with Crippen LogP contribution in [-0.4, -0.2) is 44.7 Å². The molecule has 0 aliphatic heterocycles. The topological polar surface area (TPSA) is 26.3 Å². The Morgan fingerprint density at radius 1 is 1.36 bits per heavy atom. The molecule has 0 fully saturated rings. The fourth-order valence-corrected chi connectivity index (χ4v) is 0.659. The first-order chi connectivity index (χ1) is 5.87. The number of quaternary nitrogens is 1. The molecule has 0 aromatic rings. The molecule has 0 atom stereocenters. The van der Waals surface area contributed by atoms with Gasteiger partial charge < -0.3 is 21.6 Å². The van der Waals surface area contributed by atoms with Crippen molar-refractivity contribution >= 4 is 5.97 Å². The molecule has 84 valence electrons. The molecule has 0 rings (SSSR count). The van der Waals surface area contributed by atoms with Gasteiger partial charge in [-0.3, -0.25) is 0 Å². The van der Waals surface area contributed by atoms with E-state index < -0.39 is 0 Å². The minimum absolute atomic E-state index is 0. The smallest absolute Gasteiger partial charge is 0.333 e. The van der Waals surface area contributed by atoms with Crippen LogP contribution in [0.25, 0.3) is 0 Å². The third kappa shape index (κ3) is 8.08. The predicted octanol–water partition coefficient (Wildman–Crippen LogP) is -1.79. The van der Waals surface area contributed by atoms with Crippen LogP contribution in [0.3, 0.4) is 0 Å². The second kappa shape index (κ2) is 6.85. The summed E-state index contributed by atoms with van der Waals surface area (Å²) in [7, 11) is 6.17. The Hall–Kier alpha value is -0.540. The summed E-state index contributed by atoms with van der Waals surface area (Å²) in [6.45, 7) is 6.78. The monoisotopic (exact) mass is 221 g/mol. The van der Waals surface area contributed by atoms with Gasteiger partial charge in [-0.2, -0.15) is 0 Å². The number of ether oxygens (including phenoxy) is 1. The molecule has 0 N–H and O–H groups in total. The fraction of sp³-hybridized carbons (Fsp3) is 0.700. The van der Waals surface area contributed by atoms with Crippen LogP contribution in [0.4, 0.5) is 0 Å². The molecule has 0 unspecified atom stereocenters. The Balaban J connectivity index is 0. The fourth-order valence-electron chi connectivity index (χ4n) is 0.659. The summed E-state index contributed by atoms with van der Waals surface area (Å²) in [4.78, 5) is 11.1. The van der Waals surface area contributed by atoms with E-state index >= 15 is 0 Å². The molecule has 0 aromatic heterocycles. The molecule has 4 heteroatoms. The maximum atomic E-state index is 11.1. The van der Waals surface area contributed by atoms with Crippen molar-refractivity contribution in [1.29, 1.82) is 0 Å². The largest absolute Gasteiger partial charge is 1.00 e. The molecule has 14 heavy (non-hydrogen) atoms. The Kier molecular flexibility index (Phi) is 7.78. The second-order valence-corrected chi connectivity index (χ2v) is 4.11. The van der Waals surface area contributed by atoms with Gasteiger partial charge in [-0.05, 0) is 6.42 Å². The van der Waals surface area contributed by atoms with E-state index in [1.165, 1.54) is 0 Å². The number of halogens is 1. The molecule has 0 saturated heterocycles. The van der Waals surface area contributed by atoms with Crippen LogP contribution >= 0.6 is 0 Å². The van der Waals surface area contributed by atoms with E-state index in [0.29, 0.717) is 18.6 Å². The maximum Gasteiger partial charge on any atom is 0.333 e. The number of carbonyl (C=O) groups excluding carboxylic acids is 1. The molecule has 0 heterocycles. The highest BCUT2D eigenvalue weighted by Crippen LogP contribution is 2.00. The third-order valence-electron chi connectivity index (χ3n) is 1.71. The minimum Gasteiger partial charge on any atom is -1.00 e. The molecular weight excluding hydrogens is 202 g/mol. The summed E-state index contributed by atoms with van der Waals surface area (Å²) >= 11 is 0. The molecule has 0 aromatic carbocycles. The van der Waals surface area contributed by atoms with Gasteiger partial charge in [0.15, 0.2) is 0 Å². The second-order valence-electron chi connectivity index (χ2n) is 4.11. The molecule has 0 amide bonds. The van der Waals surface area contributed by atoms with Crippen molar-refractivity contribution in [2.75, 3.05) is 34.3 Å². The zero-order chi connectivity index (χ0) is 10.5. The van der Waals surface area contributed by atoms with E-state index in [4.69, 9.17) is 4.74 Å². The van der Waals surface area contributed by atoms with E-state index in [-0.39, 0.29) is 18.4 Å². The summed E-state index contributed by atoms with van der Waals surface area (Å²) in [5, 5.41) is 0. The highest BCUT2D eigenvalue weighted by atomic mass is 35.5. The predicted molar refractivity (Wildman–Crippen MR) is 53.3 cm³/mol. The highest BCUT2D eigenvalue weighted by molar-refractivity contribution is 5.87. The van der Waals surface area contributed by atoms with E-state index in [9.17, 15) is 4.79 Å². The maximum absolute atomic E-state index is 11.1. The van der Waals surface area contributed by atoms with Gasteiger partial charge in [-0.15, -0.1) is 0 Å². The first-order valence-corrected chi connectivity index (χ1v) is 4.52. The number of carbonyl (C=O) groups is 1. The van der Waals surface area contributed by atoms with Crippen molar-refractivity contribution in [2.45, 2.75) is 13.3 Å². The van der Waals surface area contributed by atoms with Gasteiger partial charge in [0.1, 0.15) is 13.2 Å². The van der Waals surface area contributed by atoms with Crippen LogP contribution in [-0.2, 0) is 9.53 Å². The zero-order valence-corrected chi connectivity index (χ0v) is 10.2. The molecule has 0 aliphatic rings. The lowest BCUT2D eigenvalue weighted by atomic mass is 10.2. The van der Waals surface area contributed by atoms with Crippen LogP contribution in [0.15, 0.2) is 12.2 Å². The molecule has 0 aliphatic carbocycles. The first-order valence-electron chi connectivity index (χ1n) is 4.52. The van der Waals surface area contributed by atoms with Crippen molar-refractivity contribution < 1.29 is 26.4 Å². The average Bonchev–Trinajstić information content (AvgIpc) is 2.00. The normalized spacial score (nSPS) is 10.3. The van der Waals surface area contributed by atoms with Gasteiger partial charge in [-0.1, -0.05) is 13.5 Å². The summed E-state index contributed by atoms with van der Waals surface area (Å²) in [6, 6.07) is 0. The van der Waals surface area contributed by atoms with Gasteiger partial charge in [0.25, 0.3) is 0 Å². The van der Waals surface area contributed by atoms with Crippen molar-refractivity contribution in [3.8, 4) is 0 Å². The van der Waals surface area contributed by atoms with E-state index in [1.807, 2.05) is 6.92 Å². The summed E-state index contributed by atoms with van der Waals surface area (Å²) < 4.78 is 5.81. The number of esters is 1. The first kappa shape index (κ1) is 15.9. The standard InChI is InChI=1S/C10H20NO2.ClH/c1-6-9(2)10(12)13-8-7-11(3,4)5;/h2,6-8H2,1,3-5H3;1H/q+1;/p-1. The van der Waals surface area contributed by atoms with Gasteiger partial charge in [0.05, 0.1) is 21.1 Å². The summed E-state index contributed by atoms with van der Waals surface area (Å²) in [5.41, 5.74) is 0.543. The van der Waals surface area contributed by atoms with Gasteiger partial charge in [0, 0.05) is 5.57 Å². The Morgan fingerprint density at radius 2 is 1.86 bits per heavy atom. The summed E-state index contributed by atoms with van der Waals surface area (Å²) in [5.74, 6) is -0.268. The van der Waals surface area contributed by atoms with Crippen LogP contribution in [0.2, 0.25) is 0 Å². The number of hydrogen-bond donors (Lipinski definition) is 0. The molecule has 0 radical (unpaired) electrons. The van der Waals surface area contributed by atoms with Crippen LogP contribution < -0.4 is 12.4 Å². The number of likely N-dealkylation sites (N-methyl/N-ethyl adjacent to an activating group) is 1. The molecule has 3 nitrogen and oxygen atoms in total. The quantitative estimate of drug-likeness (QED) is 0.311. The van der Waals surface area contributed by atoms with E-state index in [0.717, 1.165) is 11.0 Å². The number of nitrogens with zero attached hydrogens (tertiary/aromatic N) is 1. The lowest BCUT2D eigenvalue weighted by molar-refractivity contribution is -0.870. The van der Waals surface area contributed by atoms with E-state index in [2.05, 4.69) is 27.7 Å². The lowest BCUT2D eigenvalue weighted by Crippen LogP contribution is -3.00. The molecule has 0 bridgehead atoms. The van der Waals surface area contributed by atoms with Gasteiger partial charge in [0.2, 0.25) is 0 Å². The third-order valence-corrected chi connectivity index (χ3v) is 1.71. The molecule has 0 spiro atoms. The van der Waals surface area contributed by atoms with Crippen molar-refractivity contribution in [2.24, 2.45) is 0 Å². The Bertz CT molecular complexity index is 197. The lowest BCUT2D eigenvalue weighted by Gasteiger charge is -2.23. The van der Waals surface area contributed by atoms with Crippen molar-refractivity contribution in [3.63, 3.8) is 0 Å². The van der Waals surface area contributed by atoms with Crippen LogP contribution in [0, 0.1) is 0 Å². The van der Waals surface area contributed by atoms with Crippen molar-refractivity contribution in [3.05, 3.63) is 12.2 Å². The molecular formula is C10H20ClNO2. The average molecular weight is 222 g/mol. The number of rotatable bonds is 5. The van der Waals surface area contributed by atoms with Crippen LogP contribution in [0.5, 0.6) is 0 Å². The summed E-state index contributed by atoms with van der Waals surface area (Å²) in [6.07, 6.45) is 0.656. The minimum atomic E-state index is -0.268. The highest BCUT2D eigenvalue weighted by Gasteiger charge is 2.10. The Morgan fingerprint density at radius 3 is 2.21 bits per heavy atom. The zero-order valence-electron chi connectivity index (χ0n) is 9.47. The van der Waals surface area contributed by atoms with Gasteiger partial charge in [-0.25, -0.2) is 4.79 Å². The Labute approximate surface area is 92.7 Å². The number of hydrogen-bond acceptors (Lipinski definition) is 2. The molecule has 0 saturated carbocycles. The van der Waals surface area contributed by atoms with Crippen LogP contribution in [0.1, 0.15) is 13.3 Å².